The number of hydrogen-bond acceptors (Lipinski definition) is 4. The van der Waals surface area contributed by atoms with Gasteiger partial charge in [0.1, 0.15) is 0 Å². The summed E-state index contributed by atoms with van der Waals surface area (Å²) in [6, 6.07) is 8.34. The lowest BCUT2D eigenvalue weighted by atomic mass is 10.2. The third-order valence-electron chi connectivity index (χ3n) is 3.53. The zero-order chi connectivity index (χ0) is 15.1. The van der Waals surface area contributed by atoms with Gasteiger partial charge in [0.15, 0.2) is 0 Å². The summed E-state index contributed by atoms with van der Waals surface area (Å²) in [5, 5.41) is 2.88. The van der Waals surface area contributed by atoms with Gasteiger partial charge in [0.25, 0.3) is 0 Å². The van der Waals surface area contributed by atoms with E-state index in [4.69, 9.17) is 9.47 Å². The van der Waals surface area contributed by atoms with Gasteiger partial charge in [0.2, 0.25) is 5.91 Å². The van der Waals surface area contributed by atoms with E-state index in [1.165, 1.54) is 0 Å². The first-order valence-corrected chi connectivity index (χ1v) is 7.52. The fourth-order valence-electron chi connectivity index (χ4n) is 2.38. The Kier molecular flexibility index (Phi) is 6.02. The Bertz CT molecular complexity index is 447. The third kappa shape index (κ3) is 4.72. The summed E-state index contributed by atoms with van der Waals surface area (Å²) in [7, 11) is 0. The summed E-state index contributed by atoms with van der Waals surface area (Å²) in [6.45, 7) is 7.61. The van der Waals surface area contributed by atoms with Crippen LogP contribution in [0.1, 0.15) is 20.3 Å². The normalized spacial score (nSPS) is 18.6. The number of morpholine rings is 1. The minimum atomic E-state index is -0.0176. The maximum absolute atomic E-state index is 11.7. The first kappa shape index (κ1) is 15.8. The highest BCUT2D eigenvalue weighted by molar-refractivity contribution is 5.90. The largest absolute Gasteiger partial charge is 0.381 e. The van der Waals surface area contributed by atoms with Crippen molar-refractivity contribution in [2.24, 2.45) is 0 Å². The molecule has 1 aliphatic rings. The summed E-state index contributed by atoms with van der Waals surface area (Å²) in [6.07, 6.45) is 0.385. The molecule has 0 unspecified atom stereocenters. The number of amides is 1. The third-order valence-corrected chi connectivity index (χ3v) is 3.53. The maximum atomic E-state index is 11.7. The number of carbonyl (C=O) groups is 1. The van der Waals surface area contributed by atoms with Crippen LogP contribution in [0.4, 0.5) is 11.4 Å². The van der Waals surface area contributed by atoms with E-state index < -0.39 is 0 Å². The van der Waals surface area contributed by atoms with E-state index in [1.807, 2.05) is 31.2 Å². The maximum Gasteiger partial charge on any atom is 0.226 e. The lowest BCUT2D eigenvalue weighted by Gasteiger charge is -2.35. The molecule has 21 heavy (non-hydrogen) atoms. The molecule has 1 aliphatic heterocycles. The Labute approximate surface area is 126 Å². The molecule has 1 aromatic carbocycles. The van der Waals surface area contributed by atoms with E-state index in [2.05, 4.69) is 17.1 Å². The molecule has 5 nitrogen and oxygen atoms in total. The summed E-state index contributed by atoms with van der Waals surface area (Å²) < 4.78 is 10.6. The predicted molar refractivity (Wildman–Crippen MR) is 83.8 cm³/mol. The van der Waals surface area contributed by atoms with E-state index in [-0.39, 0.29) is 5.91 Å². The van der Waals surface area contributed by atoms with E-state index in [0.717, 1.165) is 31.1 Å². The zero-order valence-electron chi connectivity index (χ0n) is 12.8. The highest BCUT2D eigenvalue weighted by Crippen LogP contribution is 2.21. The van der Waals surface area contributed by atoms with Gasteiger partial charge in [-0.3, -0.25) is 4.79 Å². The van der Waals surface area contributed by atoms with Crippen LogP contribution >= 0.6 is 0 Å². The quantitative estimate of drug-likeness (QED) is 0.817. The molecule has 116 valence electrons. The van der Waals surface area contributed by atoms with Crippen LogP contribution in [0.25, 0.3) is 0 Å². The van der Waals surface area contributed by atoms with Crippen molar-refractivity contribution in [1.82, 2.24) is 0 Å². The molecule has 1 heterocycles. The Hall–Kier alpha value is -1.59. The van der Waals surface area contributed by atoms with Gasteiger partial charge in [-0.15, -0.1) is 0 Å². The van der Waals surface area contributed by atoms with Crippen LogP contribution in [0.15, 0.2) is 24.3 Å². The van der Waals surface area contributed by atoms with Gasteiger partial charge in [0, 0.05) is 30.6 Å². The van der Waals surface area contributed by atoms with Crippen LogP contribution in [0.3, 0.4) is 0 Å². The molecule has 0 bridgehead atoms. The Balaban J connectivity index is 1.88. The van der Waals surface area contributed by atoms with Crippen LogP contribution in [0.5, 0.6) is 0 Å². The highest BCUT2D eigenvalue weighted by atomic mass is 16.5. The molecule has 1 atom stereocenters. The van der Waals surface area contributed by atoms with Crippen molar-refractivity contribution < 1.29 is 14.3 Å². The monoisotopic (exact) mass is 292 g/mol. The van der Waals surface area contributed by atoms with Crippen LogP contribution in [-0.4, -0.2) is 44.9 Å². The van der Waals surface area contributed by atoms with E-state index in [0.29, 0.717) is 25.7 Å². The first-order chi connectivity index (χ1) is 10.2. The molecule has 0 saturated carbocycles. The Morgan fingerprint density at radius 1 is 1.43 bits per heavy atom. The molecule has 1 aromatic rings. The average Bonchev–Trinajstić information content (AvgIpc) is 2.49. The summed E-state index contributed by atoms with van der Waals surface area (Å²) in [5.74, 6) is -0.0176. The highest BCUT2D eigenvalue weighted by Gasteiger charge is 2.18. The molecule has 1 fully saturated rings. The number of nitrogens with one attached hydrogen (secondary N) is 1. The van der Waals surface area contributed by atoms with Crippen LogP contribution < -0.4 is 10.2 Å². The SMILES string of the molecule is CCOCCC(=O)Nc1ccc(N2CCOC[C@H]2C)cc1. The van der Waals surface area contributed by atoms with Gasteiger partial charge < -0.3 is 19.7 Å². The molecule has 1 N–H and O–H groups in total. The van der Waals surface area contributed by atoms with Gasteiger partial charge in [-0.1, -0.05) is 0 Å². The van der Waals surface area contributed by atoms with Crippen molar-refractivity contribution in [3.63, 3.8) is 0 Å². The van der Waals surface area contributed by atoms with Crippen molar-refractivity contribution in [2.45, 2.75) is 26.3 Å². The number of benzene rings is 1. The second-order valence-corrected chi connectivity index (χ2v) is 5.16. The second-order valence-electron chi connectivity index (χ2n) is 5.16. The van der Waals surface area contributed by atoms with Crippen molar-refractivity contribution >= 4 is 17.3 Å². The van der Waals surface area contributed by atoms with Crippen LogP contribution in [-0.2, 0) is 14.3 Å². The van der Waals surface area contributed by atoms with Gasteiger partial charge in [0.05, 0.1) is 26.2 Å². The number of ether oxygens (including phenoxy) is 2. The predicted octanol–water partition coefficient (Wildman–Crippen LogP) is 2.28. The number of carbonyl (C=O) groups excluding carboxylic acids is 1. The van der Waals surface area contributed by atoms with Crippen molar-refractivity contribution in [1.29, 1.82) is 0 Å². The molecule has 0 aliphatic carbocycles. The fraction of sp³-hybridized carbons (Fsp3) is 0.562. The van der Waals surface area contributed by atoms with Gasteiger partial charge in [-0.25, -0.2) is 0 Å². The lowest BCUT2D eigenvalue weighted by Crippen LogP contribution is -2.43. The molecule has 2 rings (SSSR count). The summed E-state index contributed by atoms with van der Waals surface area (Å²) in [4.78, 5) is 14.0. The minimum absolute atomic E-state index is 0.0176. The molecule has 1 saturated heterocycles. The second kappa shape index (κ2) is 8.00. The average molecular weight is 292 g/mol. The zero-order valence-corrected chi connectivity index (χ0v) is 12.8. The first-order valence-electron chi connectivity index (χ1n) is 7.52. The van der Waals surface area contributed by atoms with E-state index in [1.54, 1.807) is 0 Å². The number of nitrogens with zero attached hydrogens (tertiary/aromatic N) is 1. The van der Waals surface area contributed by atoms with Crippen molar-refractivity contribution in [3.8, 4) is 0 Å². The Morgan fingerprint density at radius 2 is 2.19 bits per heavy atom. The fourth-order valence-corrected chi connectivity index (χ4v) is 2.38. The standard InChI is InChI=1S/C16H24N2O3/c1-3-20-10-8-16(19)17-14-4-6-15(7-5-14)18-9-11-21-12-13(18)2/h4-7,13H,3,8-12H2,1-2H3,(H,17,19)/t13-/m1/s1. The molecular formula is C16H24N2O3. The summed E-state index contributed by atoms with van der Waals surface area (Å²) in [5.41, 5.74) is 1.99. The van der Waals surface area contributed by atoms with Crippen LogP contribution in [0, 0.1) is 0 Å². The van der Waals surface area contributed by atoms with Gasteiger partial charge >= 0.3 is 0 Å². The number of rotatable bonds is 6. The van der Waals surface area contributed by atoms with E-state index in [9.17, 15) is 4.79 Å². The van der Waals surface area contributed by atoms with Crippen molar-refractivity contribution in [3.05, 3.63) is 24.3 Å². The van der Waals surface area contributed by atoms with E-state index >= 15 is 0 Å². The lowest BCUT2D eigenvalue weighted by molar-refractivity contribution is -0.117. The minimum Gasteiger partial charge on any atom is -0.381 e. The van der Waals surface area contributed by atoms with Crippen molar-refractivity contribution in [2.75, 3.05) is 43.2 Å². The molecule has 0 aromatic heterocycles. The number of hydrogen-bond donors (Lipinski definition) is 1. The molecule has 0 spiro atoms. The topological polar surface area (TPSA) is 50.8 Å². The van der Waals surface area contributed by atoms with Crippen LogP contribution in [0.2, 0.25) is 0 Å². The molecule has 5 heteroatoms. The summed E-state index contributed by atoms with van der Waals surface area (Å²) >= 11 is 0. The number of anilines is 2. The van der Waals surface area contributed by atoms with Gasteiger partial charge in [-0.05, 0) is 38.1 Å². The molecule has 0 radical (unpaired) electrons. The molecule has 1 amide bonds. The smallest absolute Gasteiger partial charge is 0.226 e. The Morgan fingerprint density at radius 3 is 2.86 bits per heavy atom. The van der Waals surface area contributed by atoms with Gasteiger partial charge in [-0.2, -0.15) is 0 Å². The molecular weight excluding hydrogens is 268 g/mol.